The van der Waals surface area contributed by atoms with Gasteiger partial charge in [0, 0.05) is 24.5 Å². The van der Waals surface area contributed by atoms with Crippen LogP contribution in [0.15, 0.2) is 24.5 Å². The third-order valence-corrected chi connectivity index (χ3v) is 3.26. The summed E-state index contributed by atoms with van der Waals surface area (Å²) in [5.41, 5.74) is 1.14. The molecule has 1 aliphatic carbocycles. The number of carbonyl (C=O) groups is 1. The second kappa shape index (κ2) is 4.61. The van der Waals surface area contributed by atoms with E-state index in [0.717, 1.165) is 18.4 Å². The number of carboxylic acids is 1. The van der Waals surface area contributed by atoms with Crippen LogP contribution in [0.3, 0.4) is 0 Å². The van der Waals surface area contributed by atoms with Gasteiger partial charge in [0.2, 0.25) is 0 Å². The van der Waals surface area contributed by atoms with Crippen molar-refractivity contribution in [3.63, 3.8) is 0 Å². The summed E-state index contributed by atoms with van der Waals surface area (Å²) in [7, 11) is 0. The van der Waals surface area contributed by atoms with Crippen molar-refractivity contribution in [1.29, 1.82) is 0 Å². The number of hydrogen-bond acceptors (Lipinski definition) is 3. The van der Waals surface area contributed by atoms with Crippen molar-refractivity contribution in [2.24, 2.45) is 5.92 Å². The van der Waals surface area contributed by atoms with Crippen LogP contribution in [0.4, 0.5) is 0 Å². The maximum Gasteiger partial charge on any atom is 0.308 e. The normalized spacial score (nSPS) is 25.8. The van der Waals surface area contributed by atoms with Crippen molar-refractivity contribution >= 4 is 5.97 Å². The Morgan fingerprint density at radius 1 is 1.50 bits per heavy atom. The average molecular weight is 220 g/mol. The number of carboxylic acid groups (broad SMARTS) is 1. The Labute approximate surface area is 94.7 Å². The fraction of sp³-hybridized carbons (Fsp3) is 0.500. The maximum atomic E-state index is 10.9. The molecule has 0 saturated heterocycles. The van der Waals surface area contributed by atoms with E-state index in [9.17, 15) is 4.79 Å². The van der Waals surface area contributed by atoms with E-state index in [0.29, 0.717) is 0 Å². The van der Waals surface area contributed by atoms with Crippen molar-refractivity contribution < 1.29 is 9.90 Å². The lowest BCUT2D eigenvalue weighted by atomic mass is 9.79. The Balaban J connectivity index is 1.93. The van der Waals surface area contributed by atoms with Crippen molar-refractivity contribution in [3.8, 4) is 0 Å². The zero-order valence-electron chi connectivity index (χ0n) is 9.26. The van der Waals surface area contributed by atoms with Crippen molar-refractivity contribution in [2.45, 2.75) is 31.8 Å². The molecule has 1 saturated carbocycles. The minimum atomic E-state index is -0.689. The molecule has 0 radical (unpaired) electrons. The van der Waals surface area contributed by atoms with Crippen molar-refractivity contribution in [2.75, 3.05) is 0 Å². The van der Waals surface area contributed by atoms with E-state index in [1.807, 2.05) is 19.1 Å². The van der Waals surface area contributed by atoms with E-state index in [4.69, 9.17) is 5.11 Å². The Morgan fingerprint density at radius 3 is 2.69 bits per heavy atom. The van der Waals surface area contributed by atoms with Gasteiger partial charge in [-0.25, -0.2) is 0 Å². The largest absolute Gasteiger partial charge is 0.481 e. The Bertz CT molecular complexity index is 367. The Hall–Kier alpha value is -1.42. The van der Waals surface area contributed by atoms with Crippen LogP contribution < -0.4 is 5.32 Å². The molecule has 2 N–H and O–H groups in total. The van der Waals surface area contributed by atoms with Gasteiger partial charge in [0.15, 0.2) is 0 Å². The van der Waals surface area contributed by atoms with Gasteiger partial charge in [-0.2, -0.15) is 0 Å². The van der Waals surface area contributed by atoms with Gasteiger partial charge in [-0.15, -0.1) is 0 Å². The molecule has 0 aliphatic heterocycles. The topological polar surface area (TPSA) is 62.2 Å². The molecule has 1 fully saturated rings. The molecule has 16 heavy (non-hydrogen) atoms. The number of pyridine rings is 1. The van der Waals surface area contributed by atoms with Crippen LogP contribution >= 0.6 is 0 Å². The van der Waals surface area contributed by atoms with Gasteiger partial charge in [0.1, 0.15) is 0 Å². The van der Waals surface area contributed by atoms with Crippen LogP contribution in [-0.2, 0) is 4.79 Å². The van der Waals surface area contributed by atoms with Crippen LogP contribution in [0.25, 0.3) is 0 Å². The lowest BCUT2D eigenvalue weighted by Crippen LogP contribution is -2.48. The summed E-state index contributed by atoms with van der Waals surface area (Å²) in [5.74, 6) is -0.907. The van der Waals surface area contributed by atoms with E-state index in [1.165, 1.54) is 0 Å². The number of aromatic nitrogens is 1. The quantitative estimate of drug-likeness (QED) is 0.809. The molecule has 2 unspecified atom stereocenters. The average Bonchev–Trinajstić information content (AvgIpc) is 2.24. The summed E-state index contributed by atoms with van der Waals surface area (Å²) in [4.78, 5) is 14.8. The Morgan fingerprint density at radius 2 is 2.19 bits per heavy atom. The highest BCUT2D eigenvalue weighted by Crippen LogP contribution is 2.29. The maximum absolute atomic E-state index is 10.9. The molecule has 4 heteroatoms. The minimum absolute atomic E-state index is 0.112. The van der Waals surface area contributed by atoms with E-state index < -0.39 is 5.97 Å². The molecular formula is C12H16N2O2. The third kappa shape index (κ3) is 2.22. The number of aliphatic carboxylic acids is 1. The summed E-state index contributed by atoms with van der Waals surface area (Å²) < 4.78 is 0. The molecule has 3 atom stereocenters. The van der Waals surface area contributed by atoms with Crippen molar-refractivity contribution in [3.05, 3.63) is 30.1 Å². The monoisotopic (exact) mass is 220 g/mol. The smallest absolute Gasteiger partial charge is 0.308 e. The van der Waals surface area contributed by atoms with Gasteiger partial charge >= 0.3 is 5.97 Å². The summed E-state index contributed by atoms with van der Waals surface area (Å²) in [6, 6.07) is 4.19. The van der Waals surface area contributed by atoms with Gasteiger partial charge in [-0.3, -0.25) is 9.78 Å². The van der Waals surface area contributed by atoms with Gasteiger partial charge in [0.05, 0.1) is 5.92 Å². The molecule has 1 aromatic heterocycles. The van der Waals surface area contributed by atoms with Crippen LogP contribution in [0.2, 0.25) is 0 Å². The number of nitrogens with one attached hydrogen (secondary N) is 1. The summed E-state index contributed by atoms with van der Waals surface area (Å²) in [6.07, 6.45) is 5.24. The van der Waals surface area contributed by atoms with Crippen LogP contribution in [-0.4, -0.2) is 22.1 Å². The molecule has 0 spiro atoms. The van der Waals surface area contributed by atoms with E-state index in [1.54, 1.807) is 12.4 Å². The number of nitrogens with zero attached hydrogens (tertiary/aromatic N) is 1. The van der Waals surface area contributed by atoms with Gasteiger partial charge < -0.3 is 10.4 Å². The zero-order chi connectivity index (χ0) is 11.5. The van der Waals surface area contributed by atoms with Crippen LogP contribution in [0.5, 0.6) is 0 Å². The molecule has 4 nitrogen and oxygen atoms in total. The second-order valence-electron chi connectivity index (χ2n) is 4.30. The molecule has 0 aromatic carbocycles. The lowest BCUT2D eigenvalue weighted by molar-refractivity contribution is -0.146. The Kier molecular flexibility index (Phi) is 3.19. The fourth-order valence-electron chi connectivity index (χ4n) is 2.06. The van der Waals surface area contributed by atoms with Gasteiger partial charge in [-0.1, -0.05) is 0 Å². The second-order valence-corrected chi connectivity index (χ2v) is 4.30. The first-order chi connectivity index (χ1) is 7.68. The van der Waals surface area contributed by atoms with Crippen molar-refractivity contribution in [1.82, 2.24) is 10.3 Å². The first-order valence-electron chi connectivity index (χ1n) is 5.57. The lowest BCUT2D eigenvalue weighted by Gasteiger charge is -2.36. The summed E-state index contributed by atoms with van der Waals surface area (Å²) in [6.45, 7) is 2.05. The predicted octanol–water partition coefficient (Wildman–Crippen LogP) is 1.60. The first kappa shape index (κ1) is 11.1. The number of rotatable bonds is 4. The molecule has 86 valence electrons. The van der Waals surface area contributed by atoms with E-state index >= 15 is 0 Å². The highest BCUT2D eigenvalue weighted by atomic mass is 16.4. The van der Waals surface area contributed by atoms with Gasteiger partial charge in [-0.05, 0) is 37.5 Å². The highest BCUT2D eigenvalue weighted by Gasteiger charge is 2.36. The third-order valence-electron chi connectivity index (χ3n) is 3.26. The van der Waals surface area contributed by atoms with Crippen LogP contribution in [0, 0.1) is 5.92 Å². The van der Waals surface area contributed by atoms with E-state index in [-0.39, 0.29) is 18.0 Å². The standard InChI is InChI=1S/C12H16N2O2/c1-8(9-4-6-13-7-5-9)14-11-3-2-10(11)12(15)16/h4-8,10-11,14H,2-3H2,1H3,(H,15,16)/t8-,10?,11?/m1/s1. The zero-order valence-corrected chi connectivity index (χ0v) is 9.26. The molecular weight excluding hydrogens is 204 g/mol. The van der Waals surface area contributed by atoms with E-state index in [2.05, 4.69) is 10.3 Å². The fourth-order valence-corrected chi connectivity index (χ4v) is 2.06. The SMILES string of the molecule is C[C@@H](NC1CCC1C(=O)O)c1ccncc1. The number of hydrogen-bond donors (Lipinski definition) is 2. The molecule has 1 aliphatic rings. The van der Waals surface area contributed by atoms with Gasteiger partial charge in [0.25, 0.3) is 0 Å². The first-order valence-corrected chi connectivity index (χ1v) is 5.57. The minimum Gasteiger partial charge on any atom is -0.481 e. The summed E-state index contributed by atoms with van der Waals surface area (Å²) in [5, 5.41) is 12.3. The molecule has 1 aromatic rings. The highest BCUT2D eigenvalue weighted by molar-refractivity contribution is 5.72. The summed E-state index contributed by atoms with van der Waals surface area (Å²) >= 11 is 0. The predicted molar refractivity (Wildman–Crippen MR) is 59.9 cm³/mol. The molecule has 1 heterocycles. The molecule has 2 rings (SSSR count). The van der Waals surface area contributed by atoms with Crippen LogP contribution in [0.1, 0.15) is 31.4 Å². The molecule has 0 amide bonds. The molecule has 0 bridgehead atoms.